The van der Waals surface area contributed by atoms with Crippen LogP contribution in [0.25, 0.3) is 0 Å². The first-order chi connectivity index (χ1) is 8.88. The highest BCUT2D eigenvalue weighted by Crippen LogP contribution is 2.33. The second kappa shape index (κ2) is 4.91. The predicted molar refractivity (Wildman–Crippen MR) is 68.2 cm³/mol. The van der Waals surface area contributed by atoms with Gasteiger partial charge in [-0.05, 0) is 36.3 Å². The molecule has 0 aliphatic carbocycles. The number of ether oxygens (including phenoxy) is 2. The van der Waals surface area contributed by atoms with Crippen LogP contribution in [0.15, 0.2) is 23.6 Å². The topological polar surface area (TPSA) is 56.3 Å². The minimum atomic E-state index is 0.0274. The Balaban J connectivity index is 1.95. The van der Waals surface area contributed by atoms with Crippen LogP contribution in [0.4, 0.5) is 0 Å². The SMILES string of the molecule is CNC(c1ccc2c(c1)OCCO2)c1csnn1. The maximum atomic E-state index is 5.59. The average molecular weight is 263 g/mol. The fourth-order valence-corrected chi connectivity index (χ4v) is 2.50. The van der Waals surface area contributed by atoms with Crippen molar-refractivity contribution in [2.45, 2.75) is 6.04 Å². The molecular formula is C12H13N3O2S. The summed E-state index contributed by atoms with van der Waals surface area (Å²) in [6.45, 7) is 1.21. The van der Waals surface area contributed by atoms with Crippen LogP contribution < -0.4 is 14.8 Å². The van der Waals surface area contributed by atoms with Gasteiger partial charge in [0.15, 0.2) is 11.5 Å². The van der Waals surface area contributed by atoms with Gasteiger partial charge in [-0.1, -0.05) is 10.6 Å². The zero-order valence-electron chi connectivity index (χ0n) is 9.92. The number of rotatable bonds is 3. The lowest BCUT2D eigenvalue weighted by molar-refractivity contribution is 0.171. The molecule has 1 unspecified atom stereocenters. The number of nitrogens with zero attached hydrogens (tertiary/aromatic N) is 2. The third-order valence-electron chi connectivity index (χ3n) is 2.86. The summed E-state index contributed by atoms with van der Waals surface area (Å²) < 4.78 is 15.0. The van der Waals surface area contributed by atoms with Crippen molar-refractivity contribution >= 4 is 11.5 Å². The van der Waals surface area contributed by atoms with E-state index in [9.17, 15) is 0 Å². The molecule has 0 amide bonds. The van der Waals surface area contributed by atoms with Crippen LogP contribution in [0, 0.1) is 0 Å². The van der Waals surface area contributed by atoms with Crippen LogP contribution in [0.1, 0.15) is 17.3 Å². The van der Waals surface area contributed by atoms with Gasteiger partial charge in [0.25, 0.3) is 0 Å². The summed E-state index contributed by atoms with van der Waals surface area (Å²) in [6.07, 6.45) is 0. The van der Waals surface area contributed by atoms with E-state index in [2.05, 4.69) is 14.9 Å². The second-order valence-electron chi connectivity index (χ2n) is 3.95. The summed E-state index contributed by atoms with van der Waals surface area (Å²) in [5.41, 5.74) is 2.01. The predicted octanol–water partition coefficient (Wildman–Crippen LogP) is 1.62. The standard InChI is InChI=1S/C12H13N3O2S/c1-13-12(9-7-18-15-14-9)8-2-3-10-11(6-8)17-5-4-16-10/h2-3,6-7,12-13H,4-5H2,1H3. The number of hydrogen-bond acceptors (Lipinski definition) is 6. The number of hydrogen-bond donors (Lipinski definition) is 1. The van der Waals surface area contributed by atoms with Crippen molar-refractivity contribution in [2.24, 2.45) is 0 Å². The Labute approximate surface area is 109 Å². The summed E-state index contributed by atoms with van der Waals surface area (Å²) in [5.74, 6) is 1.60. The van der Waals surface area contributed by atoms with E-state index in [0.29, 0.717) is 13.2 Å². The molecule has 0 saturated carbocycles. The second-order valence-corrected chi connectivity index (χ2v) is 4.56. The first kappa shape index (κ1) is 11.4. The summed E-state index contributed by atoms with van der Waals surface area (Å²) in [6, 6.07) is 5.98. The lowest BCUT2D eigenvalue weighted by Gasteiger charge is -2.21. The van der Waals surface area contributed by atoms with Gasteiger partial charge in [0.2, 0.25) is 0 Å². The lowest BCUT2D eigenvalue weighted by Crippen LogP contribution is -2.19. The highest BCUT2D eigenvalue weighted by Gasteiger charge is 2.18. The molecule has 1 aliphatic heterocycles. The summed E-state index contributed by atoms with van der Waals surface area (Å²) in [4.78, 5) is 0. The Kier molecular flexibility index (Phi) is 3.12. The van der Waals surface area contributed by atoms with E-state index in [4.69, 9.17) is 9.47 Å². The summed E-state index contributed by atoms with van der Waals surface area (Å²) >= 11 is 1.35. The molecule has 2 aromatic rings. The zero-order valence-corrected chi connectivity index (χ0v) is 10.7. The van der Waals surface area contributed by atoms with Crippen molar-refractivity contribution in [3.05, 3.63) is 34.8 Å². The van der Waals surface area contributed by atoms with E-state index >= 15 is 0 Å². The normalized spacial score (nSPS) is 15.4. The van der Waals surface area contributed by atoms with Gasteiger partial charge in [-0.2, -0.15) is 0 Å². The van der Waals surface area contributed by atoms with E-state index in [1.807, 2.05) is 30.6 Å². The van der Waals surface area contributed by atoms with Crippen molar-refractivity contribution < 1.29 is 9.47 Å². The maximum Gasteiger partial charge on any atom is 0.161 e. The van der Waals surface area contributed by atoms with Gasteiger partial charge in [0.1, 0.15) is 13.2 Å². The molecular weight excluding hydrogens is 250 g/mol. The minimum absolute atomic E-state index is 0.0274. The van der Waals surface area contributed by atoms with Gasteiger partial charge in [0, 0.05) is 5.38 Å². The molecule has 1 aromatic heterocycles. The van der Waals surface area contributed by atoms with Gasteiger partial charge in [-0.25, -0.2) is 0 Å². The van der Waals surface area contributed by atoms with Gasteiger partial charge in [-0.3, -0.25) is 0 Å². The molecule has 0 spiro atoms. The third kappa shape index (κ3) is 2.04. The zero-order chi connectivity index (χ0) is 12.4. The Bertz CT molecular complexity index is 530. The monoisotopic (exact) mass is 263 g/mol. The quantitative estimate of drug-likeness (QED) is 0.912. The molecule has 1 aromatic carbocycles. The Morgan fingerprint density at radius 1 is 1.28 bits per heavy atom. The summed E-state index contributed by atoms with van der Waals surface area (Å²) in [7, 11) is 1.90. The average Bonchev–Trinajstić information content (AvgIpc) is 2.93. The van der Waals surface area contributed by atoms with Crippen LogP contribution in [-0.2, 0) is 0 Å². The number of benzene rings is 1. The van der Waals surface area contributed by atoms with E-state index < -0.39 is 0 Å². The van der Waals surface area contributed by atoms with Crippen LogP contribution in [0.2, 0.25) is 0 Å². The molecule has 1 atom stereocenters. The molecule has 0 bridgehead atoms. The summed E-state index contributed by atoms with van der Waals surface area (Å²) in [5, 5.41) is 9.29. The van der Waals surface area contributed by atoms with Crippen LogP contribution in [0.3, 0.4) is 0 Å². The van der Waals surface area contributed by atoms with Crippen molar-refractivity contribution in [3.63, 3.8) is 0 Å². The fraction of sp³-hybridized carbons (Fsp3) is 0.333. The molecule has 5 nitrogen and oxygen atoms in total. The molecule has 0 saturated heterocycles. The fourth-order valence-electron chi connectivity index (χ4n) is 2.02. The molecule has 94 valence electrons. The maximum absolute atomic E-state index is 5.59. The van der Waals surface area contributed by atoms with Crippen LogP contribution in [-0.4, -0.2) is 29.8 Å². The Morgan fingerprint density at radius 2 is 2.11 bits per heavy atom. The van der Waals surface area contributed by atoms with E-state index in [1.54, 1.807) is 0 Å². The third-order valence-corrected chi connectivity index (χ3v) is 3.38. The van der Waals surface area contributed by atoms with Crippen LogP contribution in [0.5, 0.6) is 11.5 Å². The molecule has 0 fully saturated rings. The van der Waals surface area contributed by atoms with Crippen LogP contribution >= 0.6 is 11.5 Å². The van der Waals surface area contributed by atoms with Crippen molar-refractivity contribution in [2.75, 3.05) is 20.3 Å². The highest BCUT2D eigenvalue weighted by molar-refractivity contribution is 7.03. The largest absolute Gasteiger partial charge is 0.486 e. The van der Waals surface area contributed by atoms with Crippen molar-refractivity contribution in [1.29, 1.82) is 0 Å². The Hall–Kier alpha value is -1.66. The molecule has 1 aliphatic rings. The highest BCUT2D eigenvalue weighted by atomic mass is 32.1. The Morgan fingerprint density at radius 3 is 2.83 bits per heavy atom. The van der Waals surface area contributed by atoms with Gasteiger partial charge >= 0.3 is 0 Å². The van der Waals surface area contributed by atoms with Crippen molar-refractivity contribution in [1.82, 2.24) is 14.9 Å². The molecule has 18 heavy (non-hydrogen) atoms. The van der Waals surface area contributed by atoms with E-state index in [1.165, 1.54) is 11.5 Å². The molecule has 0 radical (unpaired) electrons. The number of nitrogens with one attached hydrogen (secondary N) is 1. The van der Waals surface area contributed by atoms with Gasteiger partial charge < -0.3 is 14.8 Å². The van der Waals surface area contributed by atoms with Crippen molar-refractivity contribution in [3.8, 4) is 11.5 Å². The minimum Gasteiger partial charge on any atom is -0.486 e. The van der Waals surface area contributed by atoms with E-state index in [0.717, 1.165) is 22.8 Å². The van der Waals surface area contributed by atoms with E-state index in [-0.39, 0.29) is 6.04 Å². The molecule has 2 heterocycles. The van der Waals surface area contributed by atoms with Gasteiger partial charge in [0.05, 0.1) is 11.7 Å². The number of aromatic nitrogens is 2. The molecule has 1 N–H and O–H groups in total. The number of fused-ring (bicyclic) bond motifs is 1. The molecule has 3 rings (SSSR count). The first-order valence-corrected chi connectivity index (χ1v) is 6.56. The lowest BCUT2D eigenvalue weighted by atomic mass is 10.0. The molecule has 6 heteroatoms. The van der Waals surface area contributed by atoms with Gasteiger partial charge in [-0.15, -0.1) is 5.10 Å². The smallest absolute Gasteiger partial charge is 0.161 e. The first-order valence-electron chi connectivity index (χ1n) is 5.72.